The van der Waals surface area contributed by atoms with Gasteiger partial charge in [-0.15, -0.1) is 0 Å². The summed E-state index contributed by atoms with van der Waals surface area (Å²) in [6, 6.07) is 12.7. The molecule has 0 aliphatic heterocycles. The van der Waals surface area contributed by atoms with Gasteiger partial charge < -0.3 is 11.1 Å². The Morgan fingerprint density at radius 1 is 1.15 bits per heavy atom. The first kappa shape index (κ1) is 20.7. The number of rotatable bonds is 8. The fraction of sp³-hybridized carbons (Fsp3) is 0.222. The zero-order chi connectivity index (χ0) is 20.0. The molecule has 0 saturated carbocycles. The van der Waals surface area contributed by atoms with Crippen LogP contribution in [0.4, 0.5) is 11.4 Å². The Kier molecular flexibility index (Phi) is 6.81. The summed E-state index contributed by atoms with van der Waals surface area (Å²) in [5.74, 6) is -0.876. The van der Waals surface area contributed by atoms with Crippen LogP contribution in [0, 0.1) is 0 Å². The maximum absolute atomic E-state index is 12.1. The minimum Gasteiger partial charge on any atom is -0.366 e. The SMILES string of the molecule is CS(=O)(=O)N(CCCC(=O)Nc1cccc(C(N)=O)c1)c1ccc(Cl)cc1. The molecular formula is C18H20ClN3O4S. The van der Waals surface area contributed by atoms with Crippen molar-refractivity contribution >= 4 is 44.8 Å². The van der Waals surface area contributed by atoms with Gasteiger partial charge in [0.25, 0.3) is 0 Å². The minimum absolute atomic E-state index is 0.112. The van der Waals surface area contributed by atoms with Crippen molar-refractivity contribution in [2.75, 3.05) is 22.4 Å². The number of carbonyl (C=O) groups excluding carboxylic acids is 2. The van der Waals surface area contributed by atoms with E-state index in [0.717, 1.165) is 6.26 Å². The number of carbonyl (C=O) groups is 2. The van der Waals surface area contributed by atoms with E-state index in [4.69, 9.17) is 17.3 Å². The molecule has 0 aromatic heterocycles. The first-order chi connectivity index (χ1) is 12.7. The predicted octanol–water partition coefficient (Wildman–Crippen LogP) is 2.62. The quantitative estimate of drug-likeness (QED) is 0.698. The Morgan fingerprint density at radius 3 is 2.41 bits per heavy atom. The summed E-state index contributed by atoms with van der Waals surface area (Å²) in [7, 11) is -3.50. The number of nitrogens with two attached hydrogens (primary N) is 1. The largest absolute Gasteiger partial charge is 0.366 e. The highest BCUT2D eigenvalue weighted by Gasteiger charge is 2.17. The molecule has 2 aromatic carbocycles. The molecule has 3 N–H and O–H groups in total. The van der Waals surface area contributed by atoms with Crippen molar-refractivity contribution in [1.29, 1.82) is 0 Å². The van der Waals surface area contributed by atoms with Crippen LogP contribution in [-0.2, 0) is 14.8 Å². The molecule has 9 heteroatoms. The van der Waals surface area contributed by atoms with Crippen LogP contribution < -0.4 is 15.4 Å². The molecule has 2 amide bonds. The fourth-order valence-electron chi connectivity index (χ4n) is 2.45. The summed E-state index contributed by atoms with van der Waals surface area (Å²) in [6.45, 7) is 0.148. The number of hydrogen-bond acceptors (Lipinski definition) is 4. The summed E-state index contributed by atoms with van der Waals surface area (Å²) < 4.78 is 25.3. The number of nitrogens with one attached hydrogen (secondary N) is 1. The van der Waals surface area contributed by atoms with Gasteiger partial charge in [0.05, 0.1) is 11.9 Å². The molecule has 144 valence electrons. The molecule has 0 heterocycles. The van der Waals surface area contributed by atoms with Gasteiger partial charge in [0.15, 0.2) is 0 Å². The van der Waals surface area contributed by atoms with Crippen LogP contribution in [0.1, 0.15) is 23.2 Å². The highest BCUT2D eigenvalue weighted by Crippen LogP contribution is 2.21. The predicted molar refractivity (Wildman–Crippen MR) is 106 cm³/mol. The average Bonchev–Trinajstić information content (AvgIpc) is 2.59. The Bertz CT molecular complexity index is 930. The van der Waals surface area contributed by atoms with Crippen molar-refractivity contribution in [3.63, 3.8) is 0 Å². The van der Waals surface area contributed by atoms with Crippen molar-refractivity contribution in [1.82, 2.24) is 0 Å². The number of halogens is 1. The van der Waals surface area contributed by atoms with Crippen molar-refractivity contribution in [2.45, 2.75) is 12.8 Å². The van der Waals surface area contributed by atoms with E-state index in [1.165, 1.54) is 10.4 Å². The Morgan fingerprint density at radius 2 is 1.81 bits per heavy atom. The van der Waals surface area contributed by atoms with Crippen molar-refractivity contribution < 1.29 is 18.0 Å². The number of anilines is 2. The van der Waals surface area contributed by atoms with E-state index >= 15 is 0 Å². The highest BCUT2D eigenvalue weighted by atomic mass is 35.5. The average molecular weight is 410 g/mol. The van der Waals surface area contributed by atoms with Crippen molar-refractivity contribution in [3.8, 4) is 0 Å². The second kappa shape index (κ2) is 8.88. The highest BCUT2D eigenvalue weighted by molar-refractivity contribution is 7.92. The summed E-state index contributed by atoms with van der Waals surface area (Å²) in [6.07, 6.45) is 1.54. The van der Waals surface area contributed by atoms with Crippen LogP contribution >= 0.6 is 11.6 Å². The normalized spacial score (nSPS) is 11.0. The molecule has 0 unspecified atom stereocenters. The summed E-state index contributed by atoms with van der Waals surface area (Å²) in [5.41, 5.74) is 6.44. The lowest BCUT2D eigenvalue weighted by Crippen LogP contribution is -2.31. The first-order valence-electron chi connectivity index (χ1n) is 8.10. The van der Waals surface area contributed by atoms with Crippen LogP contribution in [0.15, 0.2) is 48.5 Å². The van der Waals surface area contributed by atoms with E-state index in [9.17, 15) is 18.0 Å². The van der Waals surface area contributed by atoms with Crippen LogP contribution in [0.2, 0.25) is 5.02 Å². The molecule has 0 aliphatic carbocycles. The van der Waals surface area contributed by atoms with E-state index in [0.29, 0.717) is 28.4 Å². The molecule has 27 heavy (non-hydrogen) atoms. The fourth-order valence-corrected chi connectivity index (χ4v) is 3.54. The van der Waals surface area contributed by atoms with Crippen LogP contribution in [0.3, 0.4) is 0 Å². The molecule has 2 rings (SSSR count). The Balaban J connectivity index is 1.96. The van der Waals surface area contributed by atoms with Gasteiger partial charge in [-0.25, -0.2) is 8.42 Å². The number of primary amides is 1. The summed E-state index contributed by atoms with van der Waals surface area (Å²) in [5, 5.41) is 3.17. The van der Waals surface area contributed by atoms with E-state index in [-0.39, 0.29) is 18.9 Å². The van der Waals surface area contributed by atoms with Crippen LogP contribution in [0.25, 0.3) is 0 Å². The summed E-state index contributed by atoms with van der Waals surface area (Å²) >= 11 is 5.83. The Labute approximate surface area is 163 Å². The van der Waals surface area contributed by atoms with Crippen molar-refractivity contribution in [2.24, 2.45) is 5.73 Å². The van der Waals surface area contributed by atoms with Crippen molar-refractivity contribution in [3.05, 3.63) is 59.1 Å². The lowest BCUT2D eigenvalue weighted by Gasteiger charge is -2.22. The van der Waals surface area contributed by atoms with E-state index in [1.807, 2.05) is 0 Å². The third-order valence-electron chi connectivity index (χ3n) is 3.71. The number of sulfonamides is 1. The number of amides is 2. The molecule has 0 aliphatic rings. The molecule has 7 nitrogen and oxygen atoms in total. The lowest BCUT2D eigenvalue weighted by atomic mass is 10.2. The summed E-state index contributed by atoms with van der Waals surface area (Å²) in [4.78, 5) is 23.3. The number of benzene rings is 2. The van der Waals surface area contributed by atoms with Gasteiger partial charge in [0.2, 0.25) is 21.8 Å². The molecule has 0 atom stereocenters. The van der Waals surface area contributed by atoms with Gasteiger partial charge in [-0.3, -0.25) is 13.9 Å². The zero-order valence-electron chi connectivity index (χ0n) is 14.7. The van der Waals surface area contributed by atoms with Gasteiger partial charge in [-0.05, 0) is 48.9 Å². The molecule has 0 radical (unpaired) electrons. The van der Waals surface area contributed by atoms with Gasteiger partial charge in [0.1, 0.15) is 0 Å². The van der Waals surface area contributed by atoms with Crippen LogP contribution in [-0.4, -0.2) is 33.0 Å². The molecule has 2 aromatic rings. The second-order valence-corrected chi connectivity index (χ2v) is 8.25. The number of hydrogen-bond donors (Lipinski definition) is 2. The van der Waals surface area contributed by atoms with E-state index in [2.05, 4.69) is 5.32 Å². The number of nitrogens with zero attached hydrogens (tertiary/aromatic N) is 1. The smallest absolute Gasteiger partial charge is 0.248 e. The maximum Gasteiger partial charge on any atom is 0.248 e. The lowest BCUT2D eigenvalue weighted by molar-refractivity contribution is -0.116. The molecule has 0 bridgehead atoms. The minimum atomic E-state index is -3.50. The van der Waals surface area contributed by atoms with Crippen LogP contribution in [0.5, 0.6) is 0 Å². The Hall–Kier alpha value is -2.58. The van der Waals surface area contributed by atoms with Gasteiger partial charge in [0, 0.05) is 29.2 Å². The monoisotopic (exact) mass is 409 g/mol. The third kappa shape index (κ3) is 6.26. The second-order valence-electron chi connectivity index (χ2n) is 5.91. The topological polar surface area (TPSA) is 110 Å². The molecule has 0 fully saturated rings. The van der Waals surface area contributed by atoms with Gasteiger partial charge >= 0.3 is 0 Å². The molecule has 0 saturated heterocycles. The maximum atomic E-state index is 12.1. The third-order valence-corrected chi connectivity index (χ3v) is 5.16. The molecular weight excluding hydrogens is 390 g/mol. The zero-order valence-corrected chi connectivity index (χ0v) is 16.3. The first-order valence-corrected chi connectivity index (χ1v) is 10.3. The standard InChI is InChI=1S/C18H20ClN3O4S/c1-27(25,26)22(16-9-7-14(19)8-10-16)11-3-6-17(23)21-15-5-2-4-13(12-15)18(20)24/h2,4-5,7-10,12H,3,6,11H2,1H3,(H2,20,24)(H,21,23). The van der Waals surface area contributed by atoms with E-state index < -0.39 is 15.9 Å². The van der Waals surface area contributed by atoms with Gasteiger partial charge in [-0.1, -0.05) is 17.7 Å². The van der Waals surface area contributed by atoms with Gasteiger partial charge in [-0.2, -0.15) is 0 Å². The molecule has 0 spiro atoms. The van der Waals surface area contributed by atoms with E-state index in [1.54, 1.807) is 42.5 Å².